The van der Waals surface area contributed by atoms with Crippen LogP contribution in [0.5, 0.6) is 5.88 Å². The molecular weight excluding hydrogens is 288 g/mol. The molecular formula is C15H20N2O3S. The minimum absolute atomic E-state index is 0.0717. The zero-order chi connectivity index (χ0) is 15.5. The monoisotopic (exact) mass is 308 g/mol. The fourth-order valence-corrected chi connectivity index (χ4v) is 3.34. The molecule has 21 heavy (non-hydrogen) atoms. The average Bonchev–Trinajstić information content (AvgIpc) is 2.74. The van der Waals surface area contributed by atoms with Crippen molar-refractivity contribution in [1.29, 1.82) is 0 Å². The zero-order valence-electron chi connectivity index (χ0n) is 12.5. The Morgan fingerprint density at radius 3 is 2.62 bits per heavy atom. The van der Waals surface area contributed by atoms with Crippen molar-refractivity contribution in [2.45, 2.75) is 25.2 Å². The van der Waals surface area contributed by atoms with Crippen LogP contribution >= 0.6 is 0 Å². The first-order chi connectivity index (χ1) is 9.88. The molecule has 1 aromatic carbocycles. The largest absolute Gasteiger partial charge is 0.477 e. The molecule has 0 saturated heterocycles. The lowest BCUT2D eigenvalue weighted by molar-refractivity contribution is 0.302. The number of ether oxygens (including phenoxy) is 1. The first kappa shape index (κ1) is 15.6. The maximum absolute atomic E-state index is 12.2. The lowest BCUT2D eigenvalue weighted by Crippen LogP contribution is -2.11. The minimum Gasteiger partial charge on any atom is -0.477 e. The third-order valence-corrected chi connectivity index (χ3v) is 5.05. The highest BCUT2D eigenvalue weighted by molar-refractivity contribution is 7.91. The van der Waals surface area contributed by atoms with Crippen LogP contribution < -0.4 is 4.74 Å². The smallest absolute Gasteiger partial charge is 0.232 e. The van der Waals surface area contributed by atoms with E-state index in [2.05, 4.69) is 5.10 Å². The second-order valence-corrected chi connectivity index (χ2v) is 7.19. The molecule has 1 aromatic heterocycles. The summed E-state index contributed by atoms with van der Waals surface area (Å²) in [5, 5.41) is 4.16. The van der Waals surface area contributed by atoms with Crippen LogP contribution in [0.2, 0.25) is 0 Å². The van der Waals surface area contributed by atoms with E-state index in [0.717, 1.165) is 11.3 Å². The highest BCUT2D eigenvalue weighted by atomic mass is 32.2. The van der Waals surface area contributed by atoms with Crippen LogP contribution in [0.4, 0.5) is 0 Å². The van der Waals surface area contributed by atoms with Gasteiger partial charge in [0, 0.05) is 18.8 Å². The maximum Gasteiger partial charge on any atom is 0.232 e. The van der Waals surface area contributed by atoms with Gasteiger partial charge >= 0.3 is 0 Å². The Kier molecular flexibility index (Phi) is 4.67. The molecule has 0 saturated carbocycles. The van der Waals surface area contributed by atoms with E-state index in [1.54, 1.807) is 22.9 Å². The summed E-state index contributed by atoms with van der Waals surface area (Å²) in [6.45, 7) is 4.15. The van der Waals surface area contributed by atoms with Gasteiger partial charge in [0.25, 0.3) is 0 Å². The summed E-state index contributed by atoms with van der Waals surface area (Å²) >= 11 is 0. The molecule has 0 radical (unpaired) electrons. The topological polar surface area (TPSA) is 61.2 Å². The van der Waals surface area contributed by atoms with Crippen LogP contribution in [0.25, 0.3) is 0 Å². The van der Waals surface area contributed by atoms with Gasteiger partial charge in [-0.15, -0.1) is 5.10 Å². The summed E-state index contributed by atoms with van der Waals surface area (Å²) in [6, 6.07) is 8.79. The van der Waals surface area contributed by atoms with Crippen LogP contribution in [-0.4, -0.2) is 30.6 Å². The van der Waals surface area contributed by atoms with Crippen molar-refractivity contribution in [1.82, 2.24) is 9.78 Å². The number of aromatic nitrogens is 2. The molecule has 1 heterocycles. The summed E-state index contributed by atoms with van der Waals surface area (Å²) in [5.41, 5.74) is 1.94. The maximum atomic E-state index is 12.2. The summed E-state index contributed by atoms with van der Waals surface area (Å²) in [6.07, 6.45) is 0.436. The first-order valence-corrected chi connectivity index (χ1v) is 8.46. The lowest BCUT2D eigenvalue weighted by Gasteiger charge is -2.06. The average molecular weight is 308 g/mol. The van der Waals surface area contributed by atoms with E-state index in [1.807, 2.05) is 33.0 Å². The summed E-state index contributed by atoms with van der Waals surface area (Å²) in [7, 11) is -1.41. The van der Waals surface area contributed by atoms with E-state index in [9.17, 15) is 8.42 Å². The van der Waals surface area contributed by atoms with E-state index < -0.39 is 9.84 Å². The molecule has 0 aliphatic rings. The number of rotatable bonds is 6. The Bertz CT molecular complexity index is 701. The van der Waals surface area contributed by atoms with Crippen molar-refractivity contribution < 1.29 is 13.2 Å². The highest BCUT2D eigenvalue weighted by Crippen LogP contribution is 2.14. The Morgan fingerprint density at radius 1 is 1.24 bits per heavy atom. The highest BCUT2D eigenvalue weighted by Gasteiger charge is 2.14. The van der Waals surface area contributed by atoms with E-state index in [0.29, 0.717) is 23.8 Å². The first-order valence-electron chi connectivity index (χ1n) is 6.81. The van der Waals surface area contributed by atoms with Crippen molar-refractivity contribution in [3.8, 4) is 5.88 Å². The van der Waals surface area contributed by atoms with E-state index in [4.69, 9.17) is 4.74 Å². The number of hydrogen-bond donors (Lipinski definition) is 0. The Morgan fingerprint density at radius 2 is 2.00 bits per heavy atom. The predicted molar refractivity (Wildman–Crippen MR) is 81.3 cm³/mol. The van der Waals surface area contributed by atoms with Crippen molar-refractivity contribution in [2.75, 3.05) is 12.4 Å². The number of sulfone groups is 1. The van der Waals surface area contributed by atoms with Gasteiger partial charge in [-0.3, -0.25) is 4.68 Å². The molecule has 114 valence electrons. The zero-order valence-corrected chi connectivity index (χ0v) is 13.4. The number of hydrogen-bond acceptors (Lipinski definition) is 4. The molecule has 0 spiro atoms. The fraction of sp³-hybridized carbons (Fsp3) is 0.400. The summed E-state index contributed by atoms with van der Waals surface area (Å²) < 4.78 is 31.5. The molecule has 0 bridgehead atoms. The lowest BCUT2D eigenvalue weighted by atomic mass is 10.2. The van der Waals surface area contributed by atoms with Gasteiger partial charge in [-0.2, -0.15) is 0 Å². The quantitative estimate of drug-likeness (QED) is 0.768. The van der Waals surface area contributed by atoms with Gasteiger partial charge in [0.15, 0.2) is 9.84 Å². The van der Waals surface area contributed by atoms with Gasteiger partial charge in [-0.05, 0) is 38.0 Å². The molecule has 0 fully saturated rings. The molecule has 0 atom stereocenters. The molecule has 2 aromatic rings. The Balaban J connectivity index is 1.88. The molecule has 0 N–H and O–H groups in total. The molecule has 0 aliphatic heterocycles. The van der Waals surface area contributed by atoms with E-state index >= 15 is 0 Å². The van der Waals surface area contributed by atoms with Gasteiger partial charge in [-0.25, -0.2) is 8.42 Å². The second-order valence-electron chi connectivity index (χ2n) is 5.08. The van der Waals surface area contributed by atoms with E-state index in [-0.39, 0.29) is 5.75 Å². The van der Waals surface area contributed by atoms with Crippen LogP contribution in [0.3, 0.4) is 0 Å². The van der Waals surface area contributed by atoms with Crippen molar-refractivity contribution in [3.63, 3.8) is 0 Å². The second kappa shape index (κ2) is 6.30. The number of benzene rings is 1. The molecule has 6 heteroatoms. The normalized spacial score (nSPS) is 11.6. The van der Waals surface area contributed by atoms with Crippen LogP contribution in [0.1, 0.15) is 17.7 Å². The van der Waals surface area contributed by atoms with E-state index in [1.165, 1.54) is 0 Å². The standard InChI is InChI=1S/C15H20N2O3S/c1-12-6-4-7-14(10-12)21(18,19)9-5-8-20-15-11-13(2)17(3)16-15/h4,6-7,10-11H,5,8-9H2,1-3H3. The van der Waals surface area contributed by atoms with Gasteiger partial charge in [-0.1, -0.05) is 12.1 Å². The Labute approximate surface area is 125 Å². The van der Waals surface area contributed by atoms with Crippen LogP contribution in [-0.2, 0) is 16.9 Å². The molecule has 0 unspecified atom stereocenters. The number of nitrogens with zero attached hydrogens (tertiary/aromatic N) is 2. The van der Waals surface area contributed by atoms with Crippen LogP contribution in [0.15, 0.2) is 35.2 Å². The number of aryl methyl sites for hydroxylation is 3. The van der Waals surface area contributed by atoms with Gasteiger partial charge in [0.1, 0.15) is 0 Å². The summed E-state index contributed by atoms with van der Waals surface area (Å²) in [4.78, 5) is 0.371. The third kappa shape index (κ3) is 4.07. The minimum atomic E-state index is -3.25. The summed E-state index contributed by atoms with van der Waals surface area (Å²) in [5.74, 6) is 0.602. The molecule has 5 nitrogen and oxygen atoms in total. The SMILES string of the molecule is Cc1cccc(S(=O)(=O)CCCOc2cc(C)n(C)n2)c1. The van der Waals surface area contributed by atoms with Crippen molar-refractivity contribution in [3.05, 3.63) is 41.6 Å². The predicted octanol–water partition coefficient (Wildman–Crippen LogP) is 2.28. The molecule has 2 rings (SSSR count). The molecule has 0 amide bonds. The molecule has 0 aliphatic carbocycles. The van der Waals surface area contributed by atoms with Gasteiger partial charge < -0.3 is 4.74 Å². The van der Waals surface area contributed by atoms with Gasteiger partial charge in [0.2, 0.25) is 5.88 Å². The van der Waals surface area contributed by atoms with Crippen LogP contribution in [0, 0.1) is 13.8 Å². The Hall–Kier alpha value is -1.82. The van der Waals surface area contributed by atoms with Crippen molar-refractivity contribution in [2.24, 2.45) is 7.05 Å². The van der Waals surface area contributed by atoms with Crippen molar-refractivity contribution >= 4 is 9.84 Å². The third-order valence-electron chi connectivity index (χ3n) is 3.25. The fourth-order valence-electron chi connectivity index (χ4n) is 1.95. The van der Waals surface area contributed by atoms with Gasteiger partial charge in [0.05, 0.1) is 17.3 Å².